The number of carbonyl (C=O) groups excluding carboxylic acids is 2. The van der Waals surface area contributed by atoms with Gasteiger partial charge in [-0.05, 0) is 49.4 Å². The summed E-state index contributed by atoms with van der Waals surface area (Å²) in [6.45, 7) is 3.99. The minimum atomic E-state index is -3.77. The maximum Gasteiger partial charge on any atom is 0.287 e. The van der Waals surface area contributed by atoms with E-state index in [2.05, 4.69) is 10.6 Å². The van der Waals surface area contributed by atoms with E-state index in [4.69, 9.17) is 4.42 Å². The Morgan fingerprint density at radius 1 is 1.11 bits per heavy atom. The maximum atomic E-state index is 13.2. The van der Waals surface area contributed by atoms with Gasteiger partial charge in [-0.2, -0.15) is 4.31 Å². The number of para-hydroxylation sites is 1. The molecule has 1 aromatic heterocycles. The Hall–Kier alpha value is -3.21. The van der Waals surface area contributed by atoms with Crippen LogP contribution in [0.25, 0.3) is 11.0 Å². The molecule has 1 aliphatic rings. The zero-order valence-electron chi connectivity index (χ0n) is 21.0. The second-order valence-corrected chi connectivity index (χ2v) is 11.7. The van der Waals surface area contributed by atoms with Crippen molar-refractivity contribution >= 4 is 32.8 Å². The topological polar surface area (TPSA) is 129 Å². The number of nitrogens with one attached hydrogen (secondary N) is 2. The van der Waals surface area contributed by atoms with Crippen LogP contribution in [0.15, 0.2) is 70.0 Å². The Morgan fingerprint density at radius 2 is 1.81 bits per heavy atom. The Labute approximate surface area is 216 Å². The predicted molar refractivity (Wildman–Crippen MR) is 139 cm³/mol. The molecule has 0 aliphatic carbocycles. The van der Waals surface area contributed by atoms with Crippen molar-refractivity contribution in [1.82, 2.24) is 14.9 Å². The number of rotatable bonds is 8. The molecule has 9 nitrogen and oxygen atoms in total. The van der Waals surface area contributed by atoms with Crippen molar-refractivity contribution in [1.29, 1.82) is 0 Å². The van der Waals surface area contributed by atoms with Gasteiger partial charge in [0.2, 0.25) is 15.9 Å². The van der Waals surface area contributed by atoms with E-state index < -0.39 is 40.0 Å². The quantitative estimate of drug-likeness (QED) is 0.413. The van der Waals surface area contributed by atoms with Crippen LogP contribution in [0.3, 0.4) is 0 Å². The zero-order valence-corrected chi connectivity index (χ0v) is 21.8. The van der Waals surface area contributed by atoms with Crippen LogP contribution in [0.1, 0.15) is 43.7 Å². The number of hydrogen-bond acceptors (Lipinski definition) is 6. The van der Waals surface area contributed by atoms with Crippen LogP contribution >= 0.6 is 0 Å². The molecule has 2 unspecified atom stereocenters. The lowest BCUT2D eigenvalue weighted by molar-refractivity contribution is -0.125. The smallest absolute Gasteiger partial charge is 0.287 e. The minimum Gasteiger partial charge on any atom is -0.451 e. The van der Waals surface area contributed by atoms with E-state index >= 15 is 0 Å². The number of furan rings is 1. The van der Waals surface area contributed by atoms with Crippen molar-refractivity contribution in [3.63, 3.8) is 0 Å². The van der Waals surface area contributed by atoms with E-state index in [0.29, 0.717) is 24.8 Å². The molecule has 3 aromatic rings. The first-order valence-corrected chi connectivity index (χ1v) is 13.9. The van der Waals surface area contributed by atoms with Crippen LogP contribution in [0, 0.1) is 5.92 Å². The fourth-order valence-corrected chi connectivity index (χ4v) is 6.06. The molecule has 2 heterocycles. The monoisotopic (exact) mass is 527 g/mol. The molecular weight excluding hydrogens is 494 g/mol. The van der Waals surface area contributed by atoms with Gasteiger partial charge in [0.05, 0.1) is 17.0 Å². The van der Waals surface area contributed by atoms with Gasteiger partial charge in [0.15, 0.2) is 5.76 Å². The number of β-amino-alcohol motifs (C(OH)–C–C–N with tert-alkyl or cyclic N) is 1. The summed E-state index contributed by atoms with van der Waals surface area (Å²) in [5.41, 5.74) is 0.578. The third-order valence-corrected chi connectivity index (χ3v) is 8.34. The van der Waals surface area contributed by atoms with E-state index in [1.54, 1.807) is 30.3 Å². The summed E-state index contributed by atoms with van der Waals surface area (Å²) in [5, 5.41) is 17.3. The minimum absolute atomic E-state index is 0.109. The van der Waals surface area contributed by atoms with E-state index in [1.165, 1.54) is 16.4 Å². The normalized spacial score (nSPS) is 19.9. The number of aliphatic hydroxyl groups excluding tert-OH is 1. The first-order chi connectivity index (χ1) is 17.6. The molecular formula is C27H33N3O6S. The molecule has 1 saturated heterocycles. The number of fused-ring (bicyclic) bond motifs is 1. The first kappa shape index (κ1) is 26.8. The number of carbonyl (C=O) groups is 2. The summed E-state index contributed by atoms with van der Waals surface area (Å²) in [4.78, 5) is 26.3. The average Bonchev–Trinajstić information content (AvgIpc) is 3.23. The van der Waals surface area contributed by atoms with Crippen molar-refractivity contribution in [3.8, 4) is 0 Å². The number of benzene rings is 2. The van der Waals surface area contributed by atoms with Crippen LogP contribution in [0.2, 0.25) is 0 Å². The summed E-state index contributed by atoms with van der Waals surface area (Å²) in [6.07, 6.45) is 0.152. The van der Waals surface area contributed by atoms with Crippen molar-refractivity contribution in [3.05, 3.63) is 66.4 Å². The molecule has 10 heteroatoms. The molecule has 1 fully saturated rings. The molecule has 4 rings (SSSR count). The summed E-state index contributed by atoms with van der Waals surface area (Å²) in [6, 6.07) is 15.5. The van der Waals surface area contributed by atoms with Crippen LogP contribution in [-0.4, -0.2) is 60.9 Å². The van der Waals surface area contributed by atoms with Gasteiger partial charge in [-0.15, -0.1) is 0 Å². The molecule has 3 atom stereocenters. The molecule has 37 heavy (non-hydrogen) atoms. The van der Waals surface area contributed by atoms with Gasteiger partial charge in [-0.25, -0.2) is 8.42 Å². The summed E-state index contributed by atoms with van der Waals surface area (Å²) < 4.78 is 33.0. The maximum absolute atomic E-state index is 13.2. The highest BCUT2D eigenvalue weighted by atomic mass is 32.2. The molecule has 2 amide bonds. The van der Waals surface area contributed by atoms with Gasteiger partial charge in [0.25, 0.3) is 5.91 Å². The number of hydrogen-bond donors (Lipinski definition) is 3. The van der Waals surface area contributed by atoms with E-state index in [-0.39, 0.29) is 29.7 Å². The zero-order chi connectivity index (χ0) is 26.6. The third-order valence-electron chi connectivity index (χ3n) is 6.46. The van der Waals surface area contributed by atoms with Crippen molar-refractivity contribution in [2.75, 3.05) is 13.1 Å². The predicted octanol–water partition coefficient (Wildman–Crippen LogP) is 2.91. The van der Waals surface area contributed by atoms with Crippen LogP contribution in [0.4, 0.5) is 0 Å². The highest BCUT2D eigenvalue weighted by Gasteiger charge is 2.34. The molecule has 0 spiro atoms. The first-order valence-electron chi connectivity index (χ1n) is 12.5. The fraction of sp³-hybridized carbons (Fsp3) is 0.407. The van der Waals surface area contributed by atoms with Crippen LogP contribution < -0.4 is 10.6 Å². The van der Waals surface area contributed by atoms with Gasteiger partial charge in [0.1, 0.15) is 11.6 Å². The average molecular weight is 528 g/mol. The van der Waals surface area contributed by atoms with Crippen LogP contribution in [0.5, 0.6) is 0 Å². The Bertz CT molecular complexity index is 1310. The van der Waals surface area contributed by atoms with E-state index in [0.717, 1.165) is 5.39 Å². The summed E-state index contributed by atoms with van der Waals surface area (Å²) in [7, 11) is -3.77. The van der Waals surface area contributed by atoms with Gasteiger partial charge in [-0.1, -0.05) is 50.2 Å². The largest absolute Gasteiger partial charge is 0.451 e. The lowest BCUT2D eigenvalue weighted by atomic mass is 10.0. The molecule has 0 saturated carbocycles. The van der Waals surface area contributed by atoms with Gasteiger partial charge in [-0.3, -0.25) is 9.59 Å². The second kappa shape index (κ2) is 11.5. The molecule has 2 aromatic carbocycles. The van der Waals surface area contributed by atoms with Crippen molar-refractivity contribution in [2.24, 2.45) is 5.92 Å². The number of aliphatic hydroxyl groups is 1. The summed E-state index contributed by atoms with van der Waals surface area (Å²) in [5.74, 6) is -0.712. The third kappa shape index (κ3) is 6.38. The number of sulfonamides is 1. The number of nitrogens with zero attached hydrogens (tertiary/aromatic N) is 1. The molecule has 3 N–H and O–H groups in total. The van der Waals surface area contributed by atoms with Gasteiger partial charge < -0.3 is 20.2 Å². The standard InChI is InChI=1S/C27H33N3O6S/c1-18(2)15-22(29-27(33)25-16-19-9-6-7-13-24(19)36-25)26(32)28-21-12-8-14-30(17-23(21)31)37(34,35)20-10-4-3-5-11-20/h3-7,9-11,13,16,18,21-23,31H,8,12,14-15,17H2,1-2H3,(H,28,32)(H,29,33)/t21?,22?,23-/m0/s1. The molecule has 0 bridgehead atoms. The van der Waals surface area contributed by atoms with E-state index in [1.807, 2.05) is 32.0 Å². The highest BCUT2D eigenvalue weighted by molar-refractivity contribution is 7.89. The SMILES string of the molecule is CC(C)CC(NC(=O)c1cc2ccccc2o1)C(=O)NC1CCCN(S(=O)(=O)c2ccccc2)C[C@@H]1O. The fourth-order valence-electron chi connectivity index (χ4n) is 4.54. The Kier molecular flexibility index (Phi) is 8.31. The van der Waals surface area contributed by atoms with Gasteiger partial charge >= 0.3 is 0 Å². The van der Waals surface area contributed by atoms with Gasteiger partial charge in [0, 0.05) is 18.5 Å². The van der Waals surface area contributed by atoms with Crippen LogP contribution in [-0.2, 0) is 14.8 Å². The van der Waals surface area contributed by atoms with Crippen molar-refractivity contribution < 1.29 is 27.5 Å². The van der Waals surface area contributed by atoms with E-state index in [9.17, 15) is 23.1 Å². The highest BCUT2D eigenvalue weighted by Crippen LogP contribution is 2.22. The summed E-state index contributed by atoms with van der Waals surface area (Å²) >= 11 is 0. The number of amides is 2. The Balaban J connectivity index is 1.43. The lowest BCUT2D eigenvalue weighted by Gasteiger charge is -2.27. The molecule has 0 radical (unpaired) electrons. The van der Waals surface area contributed by atoms with Crippen molar-refractivity contribution in [2.45, 2.75) is 56.2 Å². The second-order valence-electron chi connectivity index (χ2n) is 9.80. The molecule has 198 valence electrons. The lowest BCUT2D eigenvalue weighted by Crippen LogP contribution is -2.54. The molecule has 1 aliphatic heterocycles. The Morgan fingerprint density at radius 3 is 2.51 bits per heavy atom.